The van der Waals surface area contributed by atoms with Crippen LogP contribution in [0.25, 0.3) is 5.70 Å². The number of hydrogen-bond acceptors (Lipinski definition) is 9. The number of aromatic hydroxyl groups is 1. The molecule has 0 atom stereocenters. The first kappa shape index (κ1) is 27.1. The van der Waals surface area contributed by atoms with Crippen molar-refractivity contribution in [1.29, 1.82) is 0 Å². The van der Waals surface area contributed by atoms with E-state index in [4.69, 9.17) is 32.4 Å². The lowest BCUT2D eigenvalue weighted by Gasteiger charge is -2.37. The number of phenolic OH excluding ortho intramolecular Hbond substituents is 1. The topological polar surface area (TPSA) is 149 Å². The summed E-state index contributed by atoms with van der Waals surface area (Å²) in [5, 5.41) is 10.1. The summed E-state index contributed by atoms with van der Waals surface area (Å²) in [6.45, 7) is 3.56. The van der Waals surface area contributed by atoms with Crippen LogP contribution in [0, 0.1) is 11.6 Å². The molecule has 1 aliphatic rings. The van der Waals surface area contributed by atoms with Crippen molar-refractivity contribution in [2.24, 2.45) is 22.9 Å². The van der Waals surface area contributed by atoms with Gasteiger partial charge >= 0.3 is 0 Å². The standard InChI is InChI=1S/C25H34F2N6O3/c26-19-14-24(36-12-11-35-10-5-28)20(27)13-17(19)16-32-6-8-33(9-7-32)22(25(30)31)15-21(29)18-3-1-2-4-23(18)34/h1-4,13-15,34H,5-12,16,28-31H2/b21-15-. The minimum atomic E-state index is -0.630. The summed E-state index contributed by atoms with van der Waals surface area (Å²) in [5.41, 5.74) is 24.9. The molecule has 11 heteroatoms. The highest BCUT2D eigenvalue weighted by atomic mass is 19.1. The Morgan fingerprint density at radius 3 is 2.36 bits per heavy atom. The number of nitrogens with zero attached hydrogens (tertiary/aromatic N) is 2. The maximum atomic E-state index is 14.6. The summed E-state index contributed by atoms with van der Waals surface area (Å²) in [4.78, 5) is 3.98. The Morgan fingerprint density at radius 2 is 1.69 bits per heavy atom. The number of nitrogens with two attached hydrogens (primary N) is 4. The van der Waals surface area contributed by atoms with Crippen LogP contribution in [0.1, 0.15) is 11.1 Å². The third-order valence-electron chi connectivity index (χ3n) is 5.76. The van der Waals surface area contributed by atoms with Crippen molar-refractivity contribution in [2.45, 2.75) is 6.54 Å². The lowest BCUT2D eigenvalue weighted by atomic mass is 10.1. The number of halogens is 2. The Balaban J connectivity index is 1.59. The van der Waals surface area contributed by atoms with Gasteiger partial charge in [0.05, 0.1) is 18.9 Å². The summed E-state index contributed by atoms with van der Waals surface area (Å²) in [5.74, 6) is -1.17. The number of para-hydroxylation sites is 1. The molecule has 0 radical (unpaired) electrons. The monoisotopic (exact) mass is 504 g/mol. The minimum Gasteiger partial charge on any atom is -0.507 e. The molecule has 0 spiro atoms. The molecule has 0 amide bonds. The SMILES string of the molecule is NCCOCCOc1cc(F)c(CN2CCN(C(/C=C(\N)c3ccccc3O)=C(N)N)CC2)cc1F. The van der Waals surface area contributed by atoms with Crippen molar-refractivity contribution < 1.29 is 23.4 Å². The zero-order chi connectivity index (χ0) is 26.1. The van der Waals surface area contributed by atoms with Crippen LogP contribution < -0.4 is 27.7 Å². The van der Waals surface area contributed by atoms with E-state index in [1.54, 1.807) is 30.3 Å². The first-order valence-electron chi connectivity index (χ1n) is 11.7. The number of piperazine rings is 1. The van der Waals surface area contributed by atoms with Crippen LogP contribution in [0.4, 0.5) is 8.78 Å². The van der Waals surface area contributed by atoms with Gasteiger partial charge in [0, 0.05) is 62.2 Å². The third kappa shape index (κ3) is 7.23. The number of ether oxygens (including phenoxy) is 2. The lowest BCUT2D eigenvalue weighted by Crippen LogP contribution is -2.46. The van der Waals surface area contributed by atoms with Crippen LogP contribution in [0.5, 0.6) is 11.5 Å². The molecule has 3 rings (SSSR count). The molecule has 1 saturated heterocycles. The van der Waals surface area contributed by atoms with Gasteiger partial charge in [0.15, 0.2) is 11.6 Å². The molecular weight excluding hydrogens is 470 g/mol. The molecule has 2 aromatic rings. The number of rotatable bonds is 11. The van der Waals surface area contributed by atoms with E-state index in [-0.39, 0.29) is 42.6 Å². The van der Waals surface area contributed by atoms with Crippen LogP contribution >= 0.6 is 0 Å². The van der Waals surface area contributed by atoms with Gasteiger partial charge in [0.1, 0.15) is 24.0 Å². The molecule has 1 heterocycles. The Labute approximate surface area is 209 Å². The first-order chi connectivity index (χ1) is 17.3. The smallest absolute Gasteiger partial charge is 0.165 e. The van der Waals surface area contributed by atoms with Gasteiger partial charge in [-0.3, -0.25) is 4.90 Å². The van der Waals surface area contributed by atoms with E-state index in [1.165, 1.54) is 0 Å². The molecule has 196 valence electrons. The maximum absolute atomic E-state index is 14.6. The van der Waals surface area contributed by atoms with Crippen molar-refractivity contribution in [3.8, 4) is 11.5 Å². The molecule has 0 saturated carbocycles. The van der Waals surface area contributed by atoms with E-state index in [9.17, 15) is 13.9 Å². The summed E-state index contributed by atoms with van der Waals surface area (Å²) in [7, 11) is 0. The van der Waals surface area contributed by atoms with Crippen LogP contribution in [0.3, 0.4) is 0 Å². The normalized spacial score (nSPS) is 14.6. The largest absolute Gasteiger partial charge is 0.507 e. The number of benzene rings is 2. The van der Waals surface area contributed by atoms with Gasteiger partial charge in [-0.2, -0.15) is 0 Å². The fourth-order valence-corrected chi connectivity index (χ4v) is 3.89. The molecule has 1 fully saturated rings. The molecule has 9 nitrogen and oxygen atoms in total. The first-order valence-corrected chi connectivity index (χ1v) is 11.7. The van der Waals surface area contributed by atoms with Crippen molar-refractivity contribution in [2.75, 3.05) is 52.5 Å². The van der Waals surface area contributed by atoms with Crippen LogP contribution in [0.15, 0.2) is 54.0 Å². The average Bonchev–Trinajstić information content (AvgIpc) is 2.85. The second kappa shape index (κ2) is 13.0. The fraction of sp³-hybridized carbons (Fsp3) is 0.360. The molecular formula is C25H34F2N6O3. The van der Waals surface area contributed by atoms with Crippen molar-refractivity contribution in [3.63, 3.8) is 0 Å². The second-order valence-electron chi connectivity index (χ2n) is 8.34. The fourth-order valence-electron chi connectivity index (χ4n) is 3.89. The van der Waals surface area contributed by atoms with E-state index in [2.05, 4.69) is 0 Å². The van der Waals surface area contributed by atoms with Gasteiger partial charge in [-0.1, -0.05) is 12.1 Å². The summed E-state index contributed by atoms with van der Waals surface area (Å²) in [6.07, 6.45) is 1.63. The van der Waals surface area contributed by atoms with E-state index in [1.807, 2.05) is 9.80 Å². The summed E-state index contributed by atoms with van der Waals surface area (Å²) < 4.78 is 39.6. The Kier molecular flexibility index (Phi) is 9.74. The van der Waals surface area contributed by atoms with Crippen LogP contribution in [0.2, 0.25) is 0 Å². The average molecular weight is 505 g/mol. The Morgan fingerprint density at radius 1 is 0.972 bits per heavy atom. The number of hydrogen-bond donors (Lipinski definition) is 5. The third-order valence-corrected chi connectivity index (χ3v) is 5.76. The second-order valence-corrected chi connectivity index (χ2v) is 8.34. The number of allylic oxidation sites excluding steroid dienone is 1. The maximum Gasteiger partial charge on any atom is 0.165 e. The molecule has 1 aliphatic heterocycles. The number of phenols is 1. The van der Waals surface area contributed by atoms with Gasteiger partial charge < -0.3 is 42.4 Å². The van der Waals surface area contributed by atoms with E-state index >= 15 is 0 Å². The van der Waals surface area contributed by atoms with Crippen molar-refractivity contribution in [1.82, 2.24) is 9.80 Å². The highest BCUT2D eigenvalue weighted by Crippen LogP contribution is 2.25. The zero-order valence-electron chi connectivity index (χ0n) is 20.1. The van der Waals surface area contributed by atoms with Crippen molar-refractivity contribution >= 4 is 5.70 Å². The van der Waals surface area contributed by atoms with Gasteiger partial charge in [0.25, 0.3) is 0 Å². The zero-order valence-corrected chi connectivity index (χ0v) is 20.1. The van der Waals surface area contributed by atoms with Crippen LogP contribution in [-0.4, -0.2) is 67.5 Å². The Hall–Kier alpha value is -3.54. The molecule has 0 bridgehead atoms. The predicted octanol–water partition coefficient (Wildman–Crippen LogP) is 1.23. The van der Waals surface area contributed by atoms with E-state index < -0.39 is 11.6 Å². The van der Waals surface area contributed by atoms with Gasteiger partial charge in [-0.15, -0.1) is 0 Å². The molecule has 2 aromatic carbocycles. The lowest BCUT2D eigenvalue weighted by molar-refractivity contribution is 0.104. The minimum absolute atomic E-state index is 0.0524. The molecule has 36 heavy (non-hydrogen) atoms. The van der Waals surface area contributed by atoms with Crippen LogP contribution in [-0.2, 0) is 11.3 Å². The summed E-state index contributed by atoms with van der Waals surface area (Å²) >= 11 is 0. The summed E-state index contributed by atoms with van der Waals surface area (Å²) in [6, 6.07) is 8.94. The van der Waals surface area contributed by atoms with Gasteiger partial charge in [-0.25, -0.2) is 8.78 Å². The molecule has 9 N–H and O–H groups in total. The predicted molar refractivity (Wildman–Crippen MR) is 134 cm³/mol. The quantitative estimate of drug-likeness (QED) is 0.225. The molecule has 0 aliphatic carbocycles. The Bertz CT molecular complexity index is 1080. The van der Waals surface area contributed by atoms with Gasteiger partial charge in [-0.05, 0) is 24.3 Å². The van der Waals surface area contributed by atoms with Crippen molar-refractivity contribution in [3.05, 3.63) is 76.8 Å². The van der Waals surface area contributed by atoms with E-state index in [0.29, 0.717) is 56.3 Å². The highest BCUT2D eigenvalue weighted by Gasteiger charge is 2.22. The van der Waals surface area contributed by atoms with Gasteiger partial charge in [0.2, 0.25) is 0 Å². The molecule has 0 unspecified atom stereocenters. The van der Waals surface area contributed by atoms with E-state index in [0.717, 1.165) is 12.1 Å². The highest BCUT2D eigenvalue weighted by molar-refractivity contribution is 5.69. The molecule has 0 aromatic heterocycles.